The van der Waals surface area contributed by atoms with Crippen molar-refractivity contribution in [2.45, 2.75) is 6.54 Å². The van der Waals surface area contributed by atoms with E-state index in [-0.39, 0.29) is 0 Å². The van der Waals surface area contributed by atoms with Crippen LogP contribution in [0.4, 0.5) is 5.82 Å². The molecule has 2 aliphatic heterocycles. The van der Waals surface area contributed by atoms with Crippen LogP contribution in [-0.4, -0.2) is 70.9 Å². The van der Waals surface area contributed by atoms with E-state index in [9.17, 15) is 0 Å². The van der Waals surface area contributed by atoms with E-state index >= 15 is 0 Å². The van der Waals surface area contributed by atoms with Gasteiger partial charge in [0, 0.05) is 49.4 Å². The highest BCUT2D eigenvalue weighted by atomic mass is 32.2. The van der Waals surface area contributed by atoms with Crippen LogP contribution in [0.2, 0.25) is 0 Å². The van der Waals surface area contributed by atoms with Gasteiger partial charge in [-0.1, -0.05) is 5.16 Å². The van der Waals surface area contributed by atoms with Gasteiger partial charge in [-0.15, -0.1) is 0 Å². The number of nitrogens with zero attached hydrogens (tertiary/aromatic N) is 5. The Bertz CT molecular complexity index is 651. The molecule has 0 amide bonds. The van der Waals surface area contributed by atoms with Crippen LogP contribution >= 0.6 is 11.8 Å². The topological polar surface area (TPSA) is 67.5 Å². The standard InChI is InChI=1S/C16H21N5O2S/c1-2-14(21-5-9-24-10-6-21)17-11-13(1)16-18-15(23-19-16)12-20-3-7-22-8-4-20/h1-2,11H,3-10,12H2. The number of ether oxygens (including phenoxy) is 1. The summed E-state index contributed by atoms with van der Waals surface area (Å²) in [5.41, 5.74) is 0.891. The molecule has 0 aromatic carbocycles. The van der Waals surface area contributed by atoms with Gasteiger partial charge in [-0.2, -0.15) is 16.7 Å². The third-order valence-corrected chi connectivity index (χ3v) is 5.21. The third kappa shape index (κ3) is 3.71. The average molecular weight is 347 g/mol. The largest absolute Gasteiger partial charge is 0.379 e. The van der Waals surface area contributed by atoms with E-state index in [0.717, 1.165) is 50.8 Å². The fourth-order valence-electron chi connectivity index (χ4n) is 2.88. The van der Waals surface area contributed by atoms with Gasteiger partial charge in [0.2, 0.25) is 11.7 Å². The molecule has 4 rings (SSSR count). The van der Waals surface area contributed by atoms with Crippen LogP contribution < -0.4 is 4.90 Å². The number of anilines is 1. The number of morpholine rings is 1. The minimum atomic E-state index is 0.603. The number of pyridine rings is 1. The molecule has 128 valence electrons. The fourth-order valence-corrected chi connectivity index (χ4v) is 3.79. The van der Waals surface area contributed by atoms with E-state index < -0.39 is 0 Å². The monoisotopic (exact) mass is 347 g/mol. The van der Waals surface area contributed by atoms with E-state index in [2.05, 4.69) is 24.9 Å². The van der Waals surface area contributed by atoms with E-state index in [4.69, 9.17) is 9.26 Å². The van der Waals surface area contributed by atoms with E-state index in [1.807, 2.05) is 30.1 Å². The van der Waals surface area contributed by atoms with Crippen LogP contribution in [0.1, 0.15) is 5.89 Å². The third-order valence-electron chi connectivity index (χ3n) is 4.27. The second-order valence-electron chi connectivity index (χ2n) is 5.90. The summed E-state index contributed by atoms with van der Waals surface area (Å²) in [6.07, 6.45) is 1.83. The predicted molar refractivity (Wildman–Crippen MR) is 93.2 cm³/mol. The smallest absolute Gasteiger partial charge is 0.241 e. The summed E-state index contributed by atoms with van der Waals surface area (Å²) in [6, 6.07) is 4.07. The Morgan fingerprint density at radius 2 is 1.92 bits per heavy atom. The second kappa shape index (κ2) is 7.50. The zero-order chi connectivity index (χ0) is 16.2. The molecule has 0 aliphatic carbocycles. The van der Waals surface area contributed by atoms with Crippen molar-refractivity contribution in [3.05, 3.63) is 24.2 Å². The summed E-state index contributed by atoms with van der Waals surface area (Å²) in [7, 11) is 0. The lowest BCUT2D eigenvalue weighted by molar-refractivity contribution is 0.0297. The maximum Gasteiger partial charge on any atom is 0.241 e. The molecule has 2 aromatic rings. The number of aromatic nitrogens is 3. The number of rotatable bonds is 4. The Hall–Kier alpha value is -1.64. The minimum absolute atomic E-state index is 0.603. The van der Waals surface area contributed by atoms with Crippen molar-refractivity contribution >= 4 is 17.6 Å². The summed E-state index contributed by atoms with van der Waals surface area (Å²) in [5, 5.41) is 4.09. The average Bonchev–Trinajstić information content (AvgIpc) is 3.12. The molecule has 0 bridgehead atoms. The summed E-state index contributed by atoms with van der Waals surface area (Å²) >= 11 is 2.00. The highest BCUT2D eigenvalue weighted by molar-refractivity contribution is 7.99. The van der Waals surface area contributed by atoms with Gasteiger partial charge < -0.3 is 14.2 Å². The quantitative estimate of drug-likeness (QED) is 0.825. The summed E-state index contributed by atoms with van der Waals surface area (Å²) in [5.74, 6) is 4.60. The number of hydrogen-bond donors (Lipinski definition) is 0. The maximum absolute atomic E-state index is 5.38. The van der Waals surface area contributed by atoms with Crippen molar-refractivity contribution in [3.8, 4) is 11.4 Å². The van der Waals surface area contributed by atoms with Crippen LogP contribution in [0.5, 0.6) is 0 Å². The molecular weight excluding hydrogens is 326 g/mol. The Morgan fingerprint density at radius 3 is 2.67 bits per heavy atom. The molecule has 2 aliphatic rings. The molecule has 0 saturated carbocycles. The van der Waals surface area contributed by atoms with Gasteiger partial charge in [-0.3, -0.25) is 4.90 Å². The van der Waals surface area contributed by atoms with Gasteiger partial charge in [-0.25, -0.2) is 4.98 Å². The zero-order valence-corrected chi connectivity index (χ0v) is 14.4. The van der Waals surface area contributed by atoms with Crippen molar-refractivity contribution in [1.82, 2.24) is 20.0 Å². The van der Waals surface area contributed by atoms with Gasteiger partial charge >= 0.3 is 0 Å². The Balaban J connectivity index is 1.42. The van der Waals surface area contributed by atoms with E-state index in [0.29, 0.717) is 18.3 Å². The molecule has 7 nitrogen and oxygen atoms in total. The highest BCUT2D eigenvalue weighted by Crippen LogP contribution is 2.21. The normalized spacial score (nSPS) is 19.6. The first-order valence-corrected chi connectivity index (χ1v) is 9.46. The Morgan fingerprint density at radius 1 is 1.08 bits per heavy atom. The predicted octanol–water partition coefficient (Wildman–Crippen LogP) is 1.52. The lowest BCUT2D eigenvalue weighted by atomic mass is 10.2. The molecule has 0 radical (unpaired) electrons. The minimum Gasteiger partial charge on any atom is -0.379 e. The van der Waals surface area contributed by atoms with Crippen molar-refractivity contribution in [2.75, 3.05) is 55.8 Å². The van der Waals surface area contributed by atoms with Crippen molar-refractivity contribution in [1.29, 1.82) is 0 Å². The van der Waals surface area contributed by atoms with Crippen LogP contribution in [-0.2, 0) is 11.3 Å². The lowest BCUT2D eigenvalue weighted by Gasteiger charge is -2.27. The number of hydrogen-bond acceptors (Lipinski definition) is 8. The van der Waals surface area contributed by atoms with E-state index in [1.54, 1.807) is 0 Å². The van der Waals surface area contributed by atoms with Crippen molar-refractivity contribution in [3.63, 3.8) is 0 Å². The summed E-state index contributed by atoms with van der Waals surface area (Å²) < 4.78 is 10.7. The summed E-state index contributed by atoms with van der Waals surface area (Å²) in [4.78, 5) is 13.7. The molecule has 2 aromatic heterocycles. The Labute approximate surface area is 145 Å². The molecule has 0 N–H and O–H groups in total. The van der Waals surface area contributed by atoms with Crippen LogP contribution in [0.25, 0.3) is 11.4 Å². The van der Waals surface area contributed by atoms with Crippen LogP contribution in [0.3, 0.4) is 0 Å². The SMILES string of the molecule is c1cc(N2CCSCC2)ncc1-c1noc(CN2CCOCC2)n1. The van der Waals surface area contributed by atoms with E-state index in [1.165, 1.54) is 11.5 Å². The van der Waals surface area contributed by atoms with Crippen LogP contribution in [0.15, 0.2) is 22.9 Å². The first-order chi connectivity index (χ1) is 11.9. The highest BCUT2D eigenvalue weighted by Gasteiger charge is 2.16. The van der Waals surface area contributed by atoms with Gasteiger partial charge in [0.1, 0.15) is 5.82 Å². The first-order valence-electron chi connectivity index (χ1n) is 8.30. The van der Waals surface area contributed by atoms with Crippen molar-refractivity contribution in [2.24, 2.45) is 0 Å². The zero-order valence-electron chi connectivity index (χ0n) is 13.6. The van der Waals surface area contributed by atoms with Crippen LogP contribution in [0, 0.1) is 0 Å². The molecule has 0 spiro atoms. The van der Waals surface area contributed by atoms with Gasteiger partial charge in [-0.05, 0) is 12.1 Å². The second-order valence-corrected chi connectivity index (χ2v) is 7.13. The fraction of sp³-hybridized carbons (Fsp3) is 0.562. The summed E-state index contributed by atoms with van der Waals surface area (Å²) in [6.45, 7) is 6.13. The lowest BCUT2D eigenvalue weighted by Crippen LogP contribution is -2.35. The molecule has 0 unspecified atom stereocenters. The molecule has 2 fully saturated rings. The van der Waals surface area contributed by atoms with Crippen molar-refractivity contribution < 1.29 is 9.26 Å². The molecule has 4 heterocycles. The molecular formula is C16H21N5O2S. The van der Waals surface area contributed by atoms with Gasteiger partial charge in [0.25, 0.3) is 0 Å². The first kappa shape index (κ1) is 15.9. The molecule has 24 heavy (non-hydrogen) atoms. The van der Waals surface area contributed by atoms with Gasteiger partial charge in [0.15, 0.2) is 0 Å². The number of thioether (sulfide) groups is 1. The van der Waals surface area contributed by atoms with Gasteiger partial charge in [0.05, 0.1) is 19.8 Å². The molecule has 2 saturated heterocycles. The maximum atomic E-state index is 5.38. The molecule has 0 atom stereocenters. The Kier molecular flexibility index (Phi) is 4.96. The molecule has 8 heteroatoms.